The van der Waals surface area contributed by atoms with Crippen molar-refractivity contribution in [2.24, 2.45) is 5.92 Å². The van der Waals surface area contributed by atoms with E-state index in [-0.39, 0.29) is 5.56 Å². The van der Waals surface area contributed by atoms with Crippen LogP contribution in [-0.2, 0) is 6.54 Å². The van der Waals surface area contributed by atoms with E-state index in [1.165, 1.54) is 24.2 Å². The van der Waals surface area contributed by atoms with E-state index in [1.807, 2.05) is 11.4 Å². The van der Waals surface area contributed by atoms with Crippen LogP contribution in [0.25, 0.3) is 10.2 Å². The maximum atomic E-state index is 11.9. The second kappa shape index (κ2) is 6.03. The number of thiophene rings is 1. The highest BCUT2D eigenvalue weighted by molar-refractivity contribution is 7.17. The predicted molar refractivity (Wildman–Crippen MR) is 82.2 cm³/mol. The minimum atomic E-state index is -0.0206. The van der Waals surface area contributed by atoms with Crippen molar-refractivity contribution in [3.8, 4) is 0 Å². The first kappa shape index (κ1) is 13.7. The van der Waals surface area contributed by atoms with Crippen molar-refractivity contribution >= 4 is 21.6 Å². The second-order valence-electron chi connectivity index (χ2n) is 5.56. The summed E-state index contributed by atoms with van der Waals surface area (Å²) in [6.45, 7) is 3.97. The summed E-state index contributed by atoms with van der Waals surface area (Å²) in [5.74, 6) is 1.46. The molecule has 2 N–H and O–H groups in total. The fraction of sp³-hybridized carbons (Fsp3) is 0.571. The number of aromatic nitrogens is 2. The summed E-state index contributed by atoms with van der Waals surface area (Å²) in [5.41, 5.74) is 0.786. The molecule has 0 amide bonds. The summed E-state index contributed by atoms with van der Waals surface area (Å²) in [4.78, 5) is 21.6. The number of aromatic amines is 1. The first-order valence-electron chi connectivity index (χ1n) is 7.08. The van der Waals surface area contributed by atoms with E-state index in [9.17, 15) is 4.79 Å². The number of fused-ring (bicyclic) bond motifs is 1. The molecule has 1 fully saturated rings. The molecule has 0 spiro atoms. The number of piperidine rings is 1. The molecule has 1 saturated heterocycles. The third kappa shape index (κ3) is 3.08. The molecule has 0 saturated carbocycles. The Hall–Kier alpha value is -1.24. The lowest BCUT2D eigenvalue weighted by Crippen LogP contribution is -2.37. The highest BCUT2D eigenvalue weighted by atomic mass is 32.1. The molecule has 20 heavy (non-hydrogen) atoms. The summed E-state index contributed by atoms with van der Waals surface area (Å²) < 4.78 is 0.716. The van der Waals surface area contributed by atoms with Crippen LogP contribution in [0, 0.1) is 5.92 Å². The van der Waals surface area contributed by atoms with Crippen molar-refractivity contribution in [2.75, 3.05) is 26.7 Å². The van der Waals surface area contributed by atoms with Gasteiger partial charge in [0.1, 0.15) is 10.5 Å². The maximum Gasteiger partial charge on any atom is 0.268 e. The third-order valence-electron chi connectivity index (χ3n) is 3.75. The van der Waals surface area contributed by atoms with Crippen molar-refractivity contribution < 1.29 is 0 Å². The molecular formula is C14H20N4OS. The van der Waals surface area contributed by atoms with Gasteiger partial charge in [0.15, 0.2) is 0 Å². The van der Waals surface area contributed by atoms with Gasteiger partial charge in [0.05, 0.1) is 12.1 Å². The van der Waals surface area contributed by atoms with Crippen LogP contribution in [-0.4, -0.2) is 41.5 Å². The number of nitrogens with one attached hydrogen (secondary N) is 2. The molecule has 3 heterocycles. The molecule has 1 atom stereocenters. The van der Waals surface area contributed by atoms with Gasteiger partial charge in [-0.25, -0.2) is 4.98 Å². The fourth-order valence-electron chi connectivity index (χ4n) is 2.84. The quantitative estimate of drug-likeness (QED) is 0.894. The molecule has 2 aromatic heterocycles. The Kier molecular flexibility index (Phi) is 4.14. The van der Waals surface area contributed by atoms with E-state index in [0.29, 0.717) is 17.2 Å². The number of hydrogen-bond acceptors (Lipinski definition) is 5. The summed E-state index contributed by atoms with van der Waals surface area (Å²) in [6.07, 6.45) is 2.54. The van der Waals surface area contributed by atoms with Crippen molar-refractivity contribution in [1.29, 1.82) is 0 Å². The van der Waals surface area contributed by atoms with E-state index in [1.54, 1.807) is 0 Å². The number of hydrogen-bond donors (Lipinski definition) is 2. The Labute approximate surface area is 122 Å². The second-order valence-corrected chi connectivity index (χ2v) is 6.47. The minimum absolute atomic E-state index is 0.0206. The Morgan fingerprint density at radius 2 is 2.45 bits per heavy atom. The topological polar surface area (TPSA) is 61.0 Å². The van der Waals surface area contributed by atoms with E-state index >= 15 is 0 Å². The van der Waals surface area contributed by atoms with Crippen LogP contribution in [0.15, 0.2) is 16.2 Å². The van der Waals surface area contributed by atoms with Crippen molar-refractivity contribution in [3.63, 3.8) is 0 Å². The monoisotopic (exact) mass is 292 g/mol. The van der Waals surface area contributed by atoms with Crippen LogP contribution in [0.3, 0.4) is 0 Å². The molecule has 6 heteroatoms. The Morgan fingerprint density at radius 3 is 3.25 bits per heavy atom. The summed E-state index contributed by atoms with van der Waals surface area (Å²) in [7, 11) is 2.09. The fourth-order valence-corrected chi connectivity index (χ4v) is 3.56. The van der Waals surface area contributed by atoms with Gasteiger partial charge in [0, 0.05) is 6.54 Å². The van der Waals surface area contributed by atoms with Gasteiger partial charge in [0.2, 0.25) is 0 Å². The standard InChI is InChI=1S/C14H20N4OS/c1-18(8-10-3-2-5-15-7-10)9-12-16-11-4-6-20-13(11)14(19)17-12/h4,6,10,15H,2-3,5,7-9H2,1H3,(H,16,17,19). The van der Waals surface area contributed by atoms with Crippen LogP contribution >= 0.6 is 11.3 Å². The number of nitrogens with zero attached hydrogens (tertiary/aromatic N) is 2. The normalized spacial score (nSPS) is 19.8. The molecule has 1 unspecified atom stereocenters. The first-order chi connectivity index (χ1) is 9.72. The summed E-state index contributed by atoms with van der Waals surface area (Å²) >= 11 is 1.44. The van der Waals surface area contributed by atoms with Gasteiger partial charge >= 0.3 is 0 Å². The largest absolute Gasteiger partial charge is 0.316 e. The molecule has 0 bridgehead atoms. The van der Waals surface area contributed by atoms with Gasteiger partial charge in [-0.3, -0.25) is 9.69 Å². The molecule has 1 aliphatic heterocycles. The molecule has 0 aromatic carbocycles. The maximum absolute atomic E-state index is 11.9. The average molecular weight is 292 g/mol. The SMILES string of the molecule is CN(Cc1nc2ccsc2c(=O)[nH]1)CC1CCCNC1. The Morgan fingerprint density at radius 1 is 1.55 bits per heavy atom. The van der Waals surface area contributed by atoms with E-state index in [2.05, 4.69) is 27.2 Å². The minimum Gasteiger partial charge on any atom is -0.316 e. The Bertz CT molecular complexity index is 629. The first-order valence-corrected chi connectivity index (χ1v) is 7.96. The molecule has 3 rings (SSSR count). The molecular weight excluding hydrogens is 272 g/mol. The molecule has 0 radical (unpaired) electrons. The molecule has 1 aliphatic rings. The van der Waals surface area contributed by atoms with Gasteiger partial charge in [-0.15, -0.1) is 11.3 Å². The van der Waals surface area contributed by atoms with Crippen LogP contribution in [0.4, 0.5) is 0 Å². The zero-order chi connectivity index (χ0) is 13.9. The molecule has 108 valence electrons. The lowest BCUT2D eigenvalue weighted by atomic mass is 9.99. The van der Waals surface area contributed by atoms with Gasteiger partial charge in [0.25, 0.3) is 5.56 Å². The van der Waals surface area contributed by atoms with Crippen LogP contribution < -0.4 is 10.9 Å². The van der Waals surface area contributed by atoms with E-state index in [4.69, 9.17) is 0 Å². The molecule has 0 aliphatic carbocycles. The van der Waals surface area contributed by atoms with Gasteiger partial charge < -0.3 is 10.3 Å². The summed E-state index contributed by atoms with van der Waals surface area (Å²) in [6, 6.07) is 1.91. The van der Waals surface area contributed by atoms with E-state index < -0.39 is 0 Å². The number of rotatable bonds is 4. The molecule has 2 aromatic rings. The predicted octanol–water partition coefficient (Wildman–Crippen LogP) is 1.42. The third-order valence-corrected chi connectivity index (χ3v) is 4.65. The van der Waals surface area contributed by atoms with Gasteiger partial charge in [-0.2, -0.15) is 0 Å². The smallest absolute Gasteiger partial charge is 0.268 e. The van der Waals surface area contributed by atoms with Crippen molar-refractivity contribution in [1.82, 2.24) is 20.2 Å². The van der Waals surface area contributed by atoms with Crippen LogP contribution in [0.1, 0.15) is 18.7 Å². The zero-order valence-electron chi connectivity index (χ0n) is 11.7. The van der Waals surface area contributed by atoms with Crippen molar-refractivity contribution in [3.05, 3.63) is 27.6 Å². The zero-order valence-corrected chi connectivity index (χ0v) is 12.5. The van der Waals surface area contributed by atoms with Gasteiger partial charge in [-0.05, 0) is 50.3 Å². The van der Waals surface area contributed by atoms with Crippen LogP contribution in [0.5, 0.6) is 0 Å². The van der Waals surface area contributed by atoms with Crippen LogP contribution in [0.2, 0.25) is 0 Å². The van der Waals surface area contributed by atoms with Crippen molar-refractivity contribution in [2.45, 2.75) is 19.4 Å². The average Bonchev–Trinajstić information content (AvgIpc) is 2.88. The van der Waals surface area contributed by atoms with E-state index in [0.717, 1.165) is 31.0 Å². The highest BCUT2D eigenvalue weighted by Crippen LogP contribution is 2.15. The number of H-pyrrole nitrogens is 1. The molecule has 5 nitrogen and oxygen atoms in total. The summed E-state index contributed by atoms with van der Waals surface area (Å²) in [5, 5.41) is 5.35. The van der Waals surface area contributed by atoms with Gasteiger partial charge in [-0.1, -0.05) is 0 Å². The lowest BCUT2D eigenvalue weighted by molar-refractivity contribution is 0.233. The highest BCUT2D eigenvalue weighted by Gasteiger charge is 2.15. The Balaban J connectivity index is 1.67. The lowest BCUT2D eigenvalue weighted by Gasteiger charge is -2.27.